The summed E-state index contributed by atoms with van der Waals surface area (Å²) in [5, 5.41) is 6.73. The molecule has 84 valence electrons. The highest BCUT2D eigenvalue weighted by molar-refractivity contribution is 6.28. The van der Waals surface area contributed by atoms with Crippen LogP contribution in [0.15, 0.2) is 10.9 Å². The van der Waals surface area contributed by atoms with Crippen LogP contribution in [0.5, 0.6) is 0 Å². The molecule has 2 heterocycles. The molecule has 7 nitrogen and oxygen atoms in total. The van der Waals surface area contributed by atoms with Crippen molar-refractivity contribution in [3.8, 4) is 0 Å². The molecule has 0 radical (unpaired) electrons. The Morgan fingerprint density at radius 3 is 3.00 bits per heavy atom. The lowest BCUT2D eigenvalue weighted by Crippen LogP contribution is -2.08. The molecule has 0 spiro atoms. The molecular weight excluding hydrogens is 232 g/mol. The minimum absolute atomic E-state index is 0.141. The summed E-state index contributed by atoms with van der Waals surface area (Å²) in [5.41, 5.74) is 6.85. The van der Waals surface area contributed by atoms with Crippen molar-refractivity contribution in [1.29, 1.82) is 0 Å². The fraction of sp³-hybridized carbons (Fsp3) is 0.250. The van der Waals surface area contributed by atoms with Crippen LogP contribution >= 0.6 is 11.6 Å². The van der Waals surface area contributed by atoms with E-state index in [9.17, 15) is 0 Å². The lowest BCUT2D eigenvalue weighted by Gasteiger charge is -2.08. The van der Waals surface area contributed by atoms with Gasteiger partial charge in [0.1, 0.15) is 0 Å². The zero-order valence-corrected chi connectivity index (χ0v) is 9.19. The maximum atomic E-state index is 5.78. The number of nitrogen functional groups attached to an aromatic ring is 1. The van der Waals surface area contributed by atoms with Gasteiger partial charge >= 0.3 is 0 Å². The van der Waals surface area contributed by atoms with Crippen LogP contribution in [0.25, 0.3) is 0 Å². The van der Waals surface area contributed by atoms with E-state index in [4.69, 9.17) is 17.3 Å². The Kier molecular flexibility index (Phi) is 2.86. The average Bonchev–Trinajstić information content (AvgIpc) is 2.74. The van der Waals surface area contributed by atoms with E-state index in [2.05, 4.69) is 29.9 Å². The van der Waals surface area contributed by atoms with Crippen LogP contribution in [-0.2, 0) is 6.54 Å². The molecule has 2 rings (SSSR count). The highest BCUT2D eigenvalue weighted by Crippen LogP contribution is 2.20. The van der Waals surface area contributed by atoms with E-state index in [0.717, 1.165) is 0 Å². The van der Waals surface area contributed by atoms with Gasteiger partial charge in [0.25, 0.3) is 0 Å². The number of anilines is 2. The Hall–Kier alpha value is -1.89. The van der Waals surface area contributed by atoms with Crippen LogP contribution in [0.2, 0.25) is 5.28 Å². The molecule has 2 aromatic rings. The number of halogens is 1. The van der Waals surface area contributed by atoms with Gasteiger partial charge in [0.15, 0.2) is 11.6 Å². The molecule has 0 atom stereocenters. The molecule has 0 unspecified atom stereocenters. The molecule has 0 amide bonds. The van der Waals surface area contributed by atoms with Crippen LogP contribution in [0.3, 0.4) is 0 Å². The zero-order chi connectivity index (χ0) is 11.5. The van der Waals surface area contributed by atoms with E-state index in [1.54, 1.807) is 6.92 Å². The Labute approximate surface area is 96.0 Å². The summed E-state index contributed by atoms with van der Waals surface area (Å²) in [5.74, 6) is 0.967. The third kappa shape index (κ3) is 2.19. The van der Waals surface area contributed by atoms with Crippen LogP contribution < -0.4 is 11.1 Å². The molecule has 0 saturated carbocycles. The number of nitrogens with zero attached hydrogens (tertiary/aromatic N) is 4. The number of aromatic nitrogens is 4. The second-order valence-electron chi connectivity index (χ2n) is 3.04. The third-order valence-corrected chi connectivity index (χ3v) is 2.10. The Balaban J connectivity index is 2.15. The molecule has 16 heavy (non-hydrogen) atoms. The van der Waals surface area contributed by atoms with Gasteiger partial charge in [0.2, 0.25) is 11.7 Å². The summed E-state index contributed by atoms with van der Waals surface area (Å²) in [6.45, 7) is 2.11. The van der Waals surface area contributed by atoms with Crippen molar-refractivity contribution in [1.82, 2.24) is 20.1 Å². The number of nitrogens with two attached hydrogens (primary N) is 1. The Bertz CT molecular complexity index is 486. The van der Waals surface area contributed by atoms with Gasteiger partial charge in [-0.15, -0.1) is 0 Å². The van der Waals surface area contributed by atoms with Crippen LogP contribution in [0.4, 0.5) is 11.5 Å². The summed E-state index contributed by atoms with van der Waals surface area (Å²) in [7, 11) is 0. The lowest BCUT2D eigenvalue weighted by atomic mass is 10.3. The number of hydrogen-bond donors (Lipinski definition) is 2. The molecule has 0 aliphatic carbocycles. The van der Waals surface area contributed by atoms with Crippen molar-refractivity contribution >= 4 is 23.1 Å². The first-order chi connectivity index (χ1) is 7.66. The summed E-state index contributed by atoms with van der Waals surface area (Å²) < 4.78 is 4.59. The smallest absolute Gasteiger partial charge is 0.224 e. The molecule has 0 aliphatic rings. The van der Waals surface area contributed by atoms with Crippen molar-refractivity contribution in [2.45, 2.75) is 13.5 Å². The lowest BCUT2D eigenvalue weighted by molar-refractivity contribution is 0.411. The van der Waals surface area contributed by atoms with Gasteiger partial charge in [-0.05, 0) is 18.5 Å². The number of nitrogens with one attached hydrogen (secondary N) is 1. The monoisotopic (exact) mass is 240 g/mol. The second-order valence-corrected chi connectivity index (χ2v) is 3.38. The van der Waals surface area contributed by atoms with Crippen LogP contribution in [-0.4, -0.2) is 20.1 Å². The normalized spacial score (nSPS) is 10.4. The first-order valence-electron chi connectivity index (χ1n) is 4.45. The molecule has 0 fully saturated rings. The van der Waals surface area contributed by atoms with Crippen molar-refractivity contribution in [2.75, 3.05) is 11.1 Å². The van der Waals surface area contributed by atoms with E-state index >= 15 is 0 Å². The molecule has 0 bridgehead atoms. The summed E-state index contributed by atoms with van der Waals surface area (Å²) in [4.78, 5) is 11.7. The minimum atomic E-state index is 0.141. The topological polar surface area (TPSA) is 103 Å². The first kappa shape index (κ1) is 10.6. The molecule has 0 aliphatic heterocycles. The van der Waals surface area contributed by atoms with Gasteiger partial charge in [-0.25, -0.2) is 4.98 Å². The summed E-state index contributed by atoms with van der Waals surface area (Å²) in [6, 6.07) is 0. The molecular formula is C8H9ClN6O. The first-order valence-corrected chi connectivity index (χ1v) is 4.83. The van der Waals surface area contributed by atoms with Gasteiger partial charge in [-0.2, -0.15) is 9.97 Å². The van der Waals surface area contributed by atoms with E-state index in [0.29, 0.717) is 29.6 Å². The summed E-state index contributed by atoms with van der Waals surface area (Å²) in [6.07, 6.45) is 1.25. The SMILES string of the molecule is Cc1nc(Cl)nc(NCc2ncon2)c1N. The Morgan fingerprint density at radius 2 is 2.31 bits per heavy atom. The molecule has 0 aromatic carbocycles. The zero-order valence-electron chi connectivity index (χ0n) is 8.44. The van der Waals surface area contributed by atoms with Crippen molar-refractivity contribution in [3.63, 3.8) is 0 Å². The number of rotatable bonds is 3. The molecule has 2 aromatic heterocycles. The largest absolute Gasteiger partial charge is 0.394 e. The predicted molar refractivity (Wildman–Crippen MR) is 57.8 cm³/mol. The number of aryl methyl sites for hydroxylation is 1. The van der Waals surface area contributed by atoms with Gasteiger partial charge < -0.3 is 15.6 Å². The molecule has 3 N–H and O–H groups in total. The highest BCUT2D eigenvalue weighted by Gasteiger charge is 2.08. The standard InChI is InChI=1S/C8H9ClN6O/c1-4-6(10)7(14-8(9)13-4)11-2-5-12-3-16-15-5/h3H,2,10H2,1H3,(H,11,13,14). The Morgan fingerprint density at radius 1 is 1.50 bits per heavy atom. The fourth-order valence-electron chi connectivity index (χ4n) is 1.12. The van der Waals surface area contributed by atoms with Crippen molar-refractivity contribution in [2.24, 2.45) is 0 Å². The van der Waals surface area contributed by atoms with E-state index in [1.165, 1.54) is 6.39 Å². The van der Waals surface area contributed by atoms with Gasteiger partial charge in [0, 0.05) is 0 Å². The van der Waals surface area contributed by atoms with Crippen molar-refractivity contribution < 1.29 is 4.52 Å². The fourth-order valence-corrected chi connectivity index (χ4v) is 1.33. The van der Waals surface area contributed by atoms with Gasteiger partial charge in [-0.1, -0.05) is 5.16 Å². The highest BCUT2D eigenvalue weighted by atomic mass is 35.5. The van der Waals surface area contributed by atoms with E-state index in [-0.39, 0.29) is 5.28 Å². The van der Waals surface area contributed by atoms with Crippen LogP contribution in [0.1, 0.15) is 11.5 Å². The maximum absolute atomic E-state index is 5.78. The molecule has 0 saturated heterocycles. The average molecular weight is 241 g/mol. The van der Waals surface area contributed by atoms with Crippen LogP contribution in [0, 0.1) is 6.92 Å². The third-order valence-electron chi connectivity index (χ3n) is 1.93. The summed E-state index contributed by atoms with van der Waals surface area (Å²) >= 11 is 5.72. The van der Waals surface area contributed by atoms with Crippen molar-refractivity contribution in [3.05, 3.63) is 23.2 Å². The van der Waals surface area contributed by atoms with E-state index in [1.807, 2.05) is 0 Å². The second kappa shape index (κ2) is 4.31. The maximum Gasteiger partial charge on any atom is 0.224 e. The number of hydrogen-bond acceptors (Lipinski definition) is 7. The minimum Gasteiger partial charge on any atom is -0.394 e. The quantitative estimate of drug-likeness (QED) is 0.772. The van der Waals surface area contributed by atoms with Gasteiger partial charge in [0.05, 0.1) is 17.9 Å². The van der Waals surface area contributed by atoms with E-state index < -0.39 is 0 Å². The predicted octanol–water partition coefficient (Wildman–Crippen LogP) is 1.02. The van der Waals surface area contributed by atoms with Gasteiger partial charge in [-0.3, -0.25) is 0 Å². The molecule has 8 heteroatoms.